The Morgan fingerprint density at radius 1 is 1.21 bits per heavy atom. The van der Waals surface area contributed by atoms with Crippen LogP contribution in [0.1, 0.15) is 43.2 Å². The van der Waals surface area contributed by atoms with Crippen molar-refractivity contribution >= 4 is 0 Å². The molecule has 3 nitrogen and oxygen atoms in total. The maximum atomic E-state index is 11.3. The van der Waals surface area contributed by atoms with Crippen LogP contribution in [-0.4, -0.2) is 11.0 Å². The van der Waals surface area contributed by atoms with Gasteiger partial charge in [0, 0.05) is 11.3 Å². The lowest BCUT2D eigenvalue weighted by atomic mass is 9.95. The van der Waals surface area contributed by atoms with Gasteiger partial charge in [0.25, 0.3) is 0 Å². The molecule has 0 N–H and O–H groups in total. The molecule has 1 aliphatic rings. The highest BCUT2D eigenvalue weighted by atomic mass is 16.6. The van der Waals surface area contributed by atoms with Crippen molar-refractivity contribution in [2.24, 2.45) is 0 Å². The van der Waals surface area contributed by atoms with Gasteiger partial charge < -0.3 is 0 Å². The zero-order valence-corrected chi connectivity index (χ0v) is 11.5. The maximum absolute atomic E-state index is 11.3. The van der Waals surface area contributed by atoms with Gasteiger partial charge in [0.2, 0.25) is 6.04 Å². The van der Waals surface area contributed by atoms with E-state index in [9.17, 15) is 10.1 Å². The molecule has 0 fully saturated rings. The largest absolute Gasteiger partial charge is 0.264 e. The summed E-state index contributed by atoms with van der Waals surface area (Å²) in [6, 6.07) is 7.51. The average molecular weight is 259 g/mol. The van der Waals surface area contributed by atoms with E-state index < -0.39 is 6.04 Å². The third-order valence-electron chi connectivity index (χ3n) is 3.81. The van der Waals surface area contributed by atoms with E-state index in [0.29, 0.717) is 6.42 Å². The second-order valence-electron chi connectivity index (χ2n) is 5.37. The molecule has 1 aromatic rings. The number of allylic oxidation sites excluding steroid dienone is 1. The van der Waals surface area contributed by atoms with Crippen LogP contribution < -0.4 is 0 Å². The Balaban J connectivity index is 2.13. The van der Waals surface area contributed by atoms with Crippen molar-refractivity contribution in [3.63, 3.8) is 0 Å². The van der Waals surface area contributed by atoms with Crippen molar-refractivity contribution in [3.05, 3.63) is 57.2 Å². The summed E-state index contributed by atoms with van der Waals surface area (Å²) in [5, 5.41) is 11.3. The third-order valence-corrected chi connectivity index (χ3v) is 3.81. The Morgan fingerprint density at radius 2 is 1.95 bits per heavy atom. The molecule has 1 unspecified atom stereocenters. The predicted octanol–water partition coefficient (Wildman–Crippen LogP) is 4.07. The zero-order valence-electron chi connectivity index (χ0n) is 11.5. The molecule has 1 atom stereocenters. The van der Waals surface area contributed by atoms with E-state index in [-0.39, 0.29) is 4.92 Å². The average Bonchev–Trinajstić information content (AvgIpc) is 2.66. The number of nitro groups is 1. The molecular weight excluding hydrogens is 238 g/mol. The summed E-state index contributed by atoms with van der Waals surface area (Å²) in [4.78, 5) is 11.2. The molecule has 0 aliphatic heterocycles. The van der Waals surface area contributed by atoms with Crippen LogP contribution >= 0.6 is 0 Å². The first kappa shape index (κ1) is 13.8. The van der Waals surface area contributed by atoms with Crippen LogP contribution in [0.25, 0.3) is 0 Å². The molecule has 19 heavy (non-hydrogen) atoms. The minimum absolute atomic E-state index is 0.114. The Morgan fingerprint density at radius 3 is 2.63 bits per heavy atom. The summed E-state index contributed by atoms with van der Waals surface area (Å²) in [6.07, 6.45) is 7.94. The summed E-state index contributed by atoms with van der Waals surface area (Å²) < 4.78 is 0. The molecule has 0 spiro atoms. The minimum Gasteiger partial charge on any atom is -0.264 e. The van der Waals surface area contributed by atoms with Gasteiger partial charge in [0.15, 0.2) is 0 Å². The fourth-order valence-electron chi connectivity index (χ4n) is 2.63. The smallest absolute Gasteiger partial charge is 0.238 e. The first-order valence-electron chi connectivity index (χ1n) is 7.05. The highest BCUT2D eigenvalue weighted by molar-refractivity contribution is 5.24. The third kappa shape index (κ3) is 3.91. The van der Waals surface area contributed by atoms with Gasteiger partial charge in [-0.3, -0.25) is 10.1 Å². The van der Waals surface area contributed by atoms with Gasteiger partial charge in [-0.25, -0.2) is 0 Å². The fourth-order valence-corrected chi connectivity index (χ4v) is 2.63. The Bertz CT molecular complexity index is 462. The van der Waals surface area contributed by atoms with Crippen LogP contribution in [0.3, 0.4) is 0 Å². The normalized spacial score (nSPS) is 17.4. The van der Waals surface area contributed by atoms with Gasteiger partial charge in [-0.05, 0) is 43.7 Å². The molecule has 0 saturated carbocycles. The summed E-state index contributed by atoms with van der Waals surface area (Å²) in [7, 11) is 0. The molecule has 102 valence electrons. The van der Waals surface area contributed by atoms with Crippen molar-refractivity contribution in [1.82, 2.24) is 0 Å². The molecular formula is C16H21NO2. The molecule has 2 rings (SSSR count). The lowest BCUT2D eigenvalue weighted by Crippen LogP contribution is -2.24. The molecule has 1 aromatic carbocycles. The standard InChI is InChI=1S/C16H21NO2/c1-13-8-10-14(11-9-13)12-16(17(18)19)15-6-4-2-3-5-7-15/h6,8-11,16H,2-5,7,12H2,1H3. The quantitative estimate of drug-likeness (QED) is 0.464. The SMILES string of the molecule is Cc1ccc(CC(C2=CCCCCC2)[N+](=O)[O-])cc1. The summed E-state index contributed by atoms with van der Waals surface area (Å²) >= 11 is 0. The van der Waals surface area contributed by atoms with Crippen molar-refractivity contribution in [2.45, 2.75) is 51.5 Å². The summed E-state index contributed by atoms with van der Waals surface area (Å²) in [5.74, 6) is 0. The topological polar surface area (TPSA) is 43.1 Å². The van der Waals surface area contributed by atoms with E-state index >= 15 is 0 Å². The van der Waals surface area contributed by atoms with Crippen LogP contribution in [0.15, 0.2) is 35.9 Å². The number of hydrogen-bond acceptors (Lipinski definition) is 2. The fraction of sp³-hybridized carbons (Fsp3) is 0.500. The molecule has 0 amide bonds. The van der Waals surface area contributed by atoms with Gasteiger partial charge in [-0.15, -0.1) is 0 Å². The first-order valence-corrected chi connectivity index (χ1v) is 7.05. The van der Waals surface area contributed by atoms with E-state index in [0.717, 1.165) is 30.4 Å². The minimum atomic E-state index is -0.541. The van der Waals surface area contributed by atoms with Gasteiger partial charge in [0.1, 0.15) is 0 Å². The van der Waals surface area contributed by atoms with E-state index in [1.807, 2.05) is 31.2 Å². The predicted molar refractivity (Wildman–Crippen MR) is 76.8 cm³/mol. The number of nitrogens with zero attached hydrogens (tertiary/aromatic N) is 1. The molecule has 0 radical (unpaired) electrons. The van der Waals surface area contributed by atoms with Gasteiger partial charge in [-0.1, -0.05) is 42.3 Å². The van der Waals surface area contributed by atoms with Crippen LogP contribution in [0.5, 0.6) is 0 Å². The first-order chi connectivity index (χ1) is 9.16. The highest BCUT2D eigenvalue weighted by Crippen LogP contribution is 2.23. The lowest BCUT2D eigenvalue weighted by molar-refractivity contribution is -0.512. The number of rotatable bonds is 4. The van der Waals surface area contributed by atoms with E-state index in [1.54, 1.807) is 0 Å². The summed E-state index contributed by atoms with van der Waals surface area (Å²) in [6.45, 7) is 2.03. The van der Waals surface area contributed by atoms with Crippen LogP contribution in [0.2, 0.25) is 0 Å². The Labute approximate surface area is 114 Å². The Hall–Kier alpha value is -1.64. The van der Waals surface area contributed by atoms with Crippen molar-refractivity contribution in [2.75, 3.05) is 0 Å². The van der Waals surface area contributed by atoms with Crippen molar-refractivity contribution in [1.29, 1.82) is 0 Å². The van der Waals surface area contributed by atoms with E-state index in [2.05, 4.69) is 6.08 Å². The van der Waals surface area contributed by atoms with Gasteiger partial charge >= 0.3 is 0 Å². The molecule has 1 aliphatic carbocycles. The zero-order chi connectivity index (χ0) is 13.7. The molecule has 0 bridgehead atoms. The second kappa shape index (κ2) is 6.50. The molecule has 3 heteroatoms. The summed E-state index contributed by atoms with van der Waals surface area (Å²) in [5.41, 5.74) is 3.27. The highest BCUT2D eigenvalue weighted by Gasteiger charge is 2.25. The second-order valence-corrected chi connectivity index (χ2v) is 5.37. The van der Waals surface area contributed by atoms with Crippen LogP contribution in [0, 0.1) is 17.0 Å². The van der Waals surface area contributed by atoms with Crippen LogP contribution in [0.4, 0.5) is 0 Å². The van der Waals surface area contributed by atoms with Gasteiger partial charge in [-0.2, -0.15) is 0 Å². The number of hydrogen-bond donors (Lipinski definition) is 0. The number of aryl methyl sites for hydroxylation is 1. The van der Waals surface area contributed by atoms with Crippen LogP contribution in [-0.2, 0) is 6.42 Å². The maximum Gasteiger partial charge on any atom is 0.238 e. The number of benzene rings is 1. The van der Waals surface area contributed by atoms with Crippen molar-refractivity contribution in [3.8, 4) is 0 Å². The monoisotopic (exact) mass is 259 g/mol. The lowest BCUT2D eigenvalue weighted by Gasteiger charge is -2.13. The Kier molecular flexibility index (Phi) is 4.72. The van der Waals surface area contributed by atoms with Crippen molar-refractivity contribution < 1.29 is 4.92 Å². The molecule has 0 heterocycles. The molecule has 0 aromatic heterocycles. The molecule has 0 saturated heterocycles. The van der Waals surface area contributed by atoms with Gasteiger partial charge in [0.05, 0.1) is 0 Å². The van der Waals surface area contributed by atoms with E-state index in [4.69, 9.17) is 0 Å². The van der Waals surface area contributed by atoms with E-state index in [1.165, 1.54) is 18.4 Å².